The first kappa shape index (κ1) is 9.04. The second-order valence-electron chi connectivity index (χ2n) is 4.76. The van der Waals surface area contributed by atoms with Crippen molar-refractivity contribution in [3.8, 4) is 0 Å². The normalized spacial score (nSPS) is 36.8. The van der Waals surface area contributed by atoms with E-state index in [1.54, 1.807) is 0 Å². The Morgan fingerprint density at radius 3 is 3.00 bits per heavy atom. The average Bonchev–Trinajstić information content (AvgIpc) is 2.77. The molecule has 0 aliphatic heterocycles. The summed E-state index contributed by atoms with van der Waals surface area (Å²) in [6, 6.07) is 0. The monoisotopic (exact) mass is 182 g/mol. The summed E-state index contributed by atoms with van der Waals surface area (Å²) < 4.78 is 0. The van der Waals surface area contributed by atoms with Crippen molar-refractivity contribution in [2.24, 2.45) is 11.3 Å². The fraction of sp³-hybridized carbons (Fsp3) is 0.909. The number of carboxylic acid groups (broad SMARTS) is 1. The van der Waals surface area contributed by atoms with Gasteiger partial charge in [-0.2, -0.15) is 0 Å². The zero-order valence-electron chi connectivity index (χ0n) is 8.09. The molecule has 0 aromatic heterocycles. The van der Waals surface area contributed by atoms with E-state index in [9.17, 15) is 4.79 Å². The van der Waals surface area contributed by atoms with Gasteiger partial charge in [0.15, 0.2) is 0 Å². The Morgan fingerprint density at radius 1 is 1.46 bits per heavy atom. The number of fused-ring (bicyclic) bond motifs is 1. The van der Waals surface area contributed by atoms with Crippen molar-refractivity contribution in [1.82, 2.24) is 0 Å². The molecule has 2 nitrogen and oxygen atoms in total. The summed E-state index contributed by atoms with van der Waals surface area (Å²) in [4.78, 5) is 10.4. The van der Waals surface area contributed by atoms with E-state index in [4.69, 9.17) is 5.11 Å². The molecule has 2 fully saturated rings. The van der Waals surface area contributed by atoms with Crippen LogP contribution >= 0.6 is 0 Å². The van der Waals surface area contributed by atoms with Gasteiger partial charge in [-0.1, -0.05) is 12.8 Å². The van der Waals surface area contributed by atoms with E-state index in [1.807, 2.05) is 0 Å². The molecule has 0 saturated heterocycles. The van der Waals surface area contributed by atoms with E-state index in [2.05, 4.69) is 0 Å². The summed E-state index contributed by atoms with van der Waals surface area (Å²) in [5.41, 5.74) is 0.619. The predicted molar refractivity (Wildman–Crippen MR) is 50.5 cm³/mol. The highest BCUT2D eigenvalue weighted by Crippen LogP contribution is 2.63. The van der Waals surface area contributed by atoms with Gasteiger partial charge in [-0.25, -0.2) is 0 Å². The summed E-state index contributed by atoms with van der Waals surface area (Å²) in [6.07, 6.45) is 9.40. The van der Waals surface area contributed by atoms with Crippen LogP contribution in [-0.4, -0.2) is 11.1 Å². The summed E-state index contributed by atoms with van der Waals surface area (Å²) in [6.45, 7) is 0. The molecular formula is C11H18O2. The van der Waals surface area contributed by atoms with Crippen LogP contribution in [0, 0.1) is 11.3 Å². The molecule has 2 saturated carbocycles. The van der Waals surface area contributed by atoms with Gasteiger partial charge in [-0.3, -0.25) is 4.79 Å². The fourth-order valence-corrected chi connectivity index (χ4v) is 3.04. The van der Waals surface area contributed by atoms with Gasteiger partial charge in [0.2, 0.25) is 0 Å². The molecule has 0 heterocycles. The van der Waals surface area contributed by atoms with Crippen LogP contribution < -0.4 is 0 Å². The molecule has 0 radical (unpaired) electrons. The number of rotatable bonds is 4. The van der Waals surface area contributed by atoms with Gasteiger partial charge in [0.05, 0.1) is 0 Å². The minimum Gasteiger partial charge on any atom is -0.481 e. The quantitative estimate of drug-likeness (QED) is 0.725. The van der Waals surface area contributed by atoms with Crippen LogP contribution in [0.5, 0.6) is 0 Å². The molecule has 2 aliphatic rings. The SMILES string of the molecule is O=C(O)CCC[C@]12CCCC[C@H]1C2. The van der Waals surface area contributed by atoms with Crippen LogP contribution in [0.1, 0.15) is 51.4 Å². The van der Waals surface area contributed by atoms with Crippen molar-refractivity contribution in [3.05, 3.63) is 0 Å². The molecular weight excluding hydrogens is 164 g/mol. The number of aliphatic carboxylic acids is 1. The van der Waals surface area contributed by atoms with Gasteiger partial charge < -0.3 is 5.11 Å². The van der Waals surface area contributed by atoms with E-state index in [-0.39, 0.29) is 0 Å². The molecule has 0 bridgehead atoms. The van der Waals surface area contributed by atoms with Gasteiger partial charge in [0, 0.05) is 6.42 Å². The van der Waals surface area contributed by atoms with Crippen molar-refractivity contribution in [1.29, 1.82) is 0 Å². The third-order valence-electron chi connectivity index (χ3n) is 3.90. The van der Waals surface area contributed by atoms with Crippen molar-refractivity contribution in [2.45, 2.75) is 51.4 Å². The average molecular weight is 182 g/mol. The molecule has 0 aromatic carbocycles. The maximum Gasteiger partial charge on any atom is 0.303 e. The molecule has 2 aliphatic carbocycles. The Balaban J connectivity index is 1.73. The highest BCUT2D eigenvalue weighted by molar-refractivity contribution is 5.66. The minimum atomic E-state index is -0.635. The lowest BCUT2D eigenvalue weighted by molar-refractivity contribution is -0.137. The molecule has 0 unspecified atom stereocenters. The number of carboxylic acids is 1. The molecule has 2 heteroatoms. The minimum absolute atomic E-state index is 0.370. The Morgan fingerprint density at radius 2 is 2.31 bits per heavy atom. The van der Waals surface area contributed by atoms with Crippen LogP contribution in [0.3, 0.4) is 0 Å². The molecule has 2 rings (SSSR count). The Kier molecular flexibility index (Phi) is 2.31. The first-order valence-corrected chi connectivity index (χ1v) is 5.45. The van der Waals surface area contributed by atoms with E-state index in [0.29, 0.717) is 11.8 Å². The highest BCUT2D eigenvalue weighted by Gasteiger charge is 2.53. The zero-order valence-corrected chi connectivity index (χ0v) is 8.09. The van der Waals surface area contributed by atoms with Crippen molar-refractivity contribution >= 4 is 5.97 Å². The number of hydrogen-bond acceptors (Lipinski definition) is 1. The molecule has 13 heavy (non-hydrogen) atoms. The van der Waals surface area contributed by atoms with E-state index < -0.39 is 5.97 Å². The fourth-order valence-electron chi connectivity index (χ4n) is 3.04. The van der Waals surface area contributed by atoms with Crippen molar-refractivity contribution < 1.29 is 9.90 Å². The standard InChI is InChI=1S/C11H18O2/c12-10(13)5-3-7-11-6-2-1-4-9(11)8-11/h9H,1-8H2,(H,12,13)/t9-,11-/m0/s1. The van der Waals surface area contributed by atoms with Crippen LogP contribution in [0.15, 0.2) is 0 Å². The van der Waals surface area contributed by atoms with Crippen LogP contribution in [0.4, 0.5) is 0 Å². The summed E-state index contributed by atoms with van der Waals surface area (Å²) >= 11 is 0. The third-order valence-corrected chi connectivity index (χ3v) is 3.90. The van der Waals surface area contributed by atoms with Gasteiger partial charge >= 0.3 is 5.97 Å². The maximum absolute atomic E-state index is 10.4. The highest BCUT2D eigenvalue weighted by atomic mass is 16.4. The van der Waals surface area contributed by atoms with Gasteiger partial charge in [0.1, 0.15) is 0 Å². The van der Waals surface area contributed by atoms with Crippen LogP contribution in [0.25, 0.3) is 0 Å². The third kappa shape index (κ3) is 1.87. The maximum atomic E-state index is 10.4. The van der Waals surface area contributed by atoms with E-state index >= 15 is 0 Å². The van der Waals surface area contributed by atoms with E-state index in [1.165, 1.54) is 38.5 Å². The van der Waals surface area contributed by atoms with E-state index in [0.717, 1.165) is 12.3 Å². The summed E-state index contributed by atoms with van der Waals surface area (Å²) in [7, 11) is 0. The first-order valence-electron chi connectivity index (χ1n) is 5.45. The lowest BCUT2D eigenvalue weighted by Gasteiger charge is -2.21. The second-order valence-corrected chi connectivity index (χ2v) is 4.76. The molecule has 74 valence electrons. The molecule has 1 N–H and O–H groups in total. The number of carbonyl (C=O) groups is 1. The van der Waals surface area contributed by atoms with Crippen molar-refractivity contribution in [3.63, 3.8) is 0 Å². The number of hydrogen-bond donors (Lipinski definition) is 1. The second kappa shape index (κ2) is 3.32. The Labute approximate surface area is 79.3 Å². The smallest absolute Gasteiger partial charge is 0.303 e. The van der Waals surface area contributed by atoms with Crippen molar-refractivity contribution in [2.75, 3.05) is 0 Å². The summed E-state index contributed by atoms with van der Waals surface area (Å²) in [5.74, 6) is 0.333. The topological polar surface area (TPSA) is 37.3 Å². The lowest BCUT2D eigenvalue weighted by Crippen LogP contribution is -2.10. The molecule has 0 aromatic rings. The van der Waals surface area contributed by atoms with Gasteiger partial charge in [0.25, 0.3) is 0 Å². The van der Waals surface area contributed by atoms with Gasteiger partial charge in [-0.15, -0.1) is 0 Å². The largest absolute Gasteiger partial charge is 0.481 e. The molecule has 0 spiro atoms. The Bertz CT molecular complexity index is 212. The molecule has 2 atom stereocenters. The van der Waals surface area contributed by atoms with Crippen LogP contribution in [0.2, 0.25) is 0 Å². The lowest BCUT2D eigenvalue weighted by atomic mass is 9.84. The van der Waals surface area contributed by atoms with Gasteiger partial charge in [-0.05, 0) is 43.4 Å². The predicted octanol–water partition coefficient (Wildman–Crippen LogP) is 2.82. The Hall–Kier alpha value is -0.530. The zero-order chi connectivity index (χ0) is 9.31. The van der Waals surface area contributed by atoms with Crippen LogP contribution in [-0.2, 0) is 4.79 Å². The summed E-state index contributed by atoms with van der Waals surface area (Å²) in [5, 5.41) is 8.54. The molecule has 0 amide bonds. The first-order chi connectivity index (χ1) is 6.23.